The quantitative estimate of drug-likeness (QED) is 0.632. The summed E-state index contributed by atoms with van der Waals surface area (Å²) in [5, 5.41) is 2.92. The van der Waals surface area contributed by atoms with Crippen LogP contribution in [0, 0.1) is 0 Å². The van der Waals surface area contributed by atoms with Crippen molar-refractivity contribution in [1.82, 2.24) is 0 Å². The van der Waals surface area contributed by atoms with Crippen molar-refractivity contribution in [3.8, 4) is 0 Å². The van der Waals surface area contributed by atoms with Crippen molar-refractivity contribution >= 4 is 27.3 Å². The number of para-hydroxylation sites is 2. The second kappa shape index (κ2) is 8.49. The maximum atomic E-state index is 12.8. The molecule has 0 aromatic heterocycles. The molecular weight excluding hydrogens is 384 g/mol. The first kappa shape index (κ1) is 20.6. The fraction of sp³-hybridized carbons (Fsp3) is 0.174. The van der Waals surface area contributed by atoms with Gasteiger partial charge in [0.05, 0.1) is 10.6 Å². The highest BCUT2D eigenvalue weighted by molar-refractivity contribution is 7.92. The molecule has 0 aliphatic carbocycles. The number of hydrogen-bond acceptors (Lipinski definition) is 3. The maximum Gasteiger partial charge on any atom is 0.264 e. The van der Waals surface area contributed by atoms with Crippen LogP contribution in [0.4, 0.5) is 11.4 Å². The second-order valence-electron chi connectivity index (χ2n) is 7.03. The maximum absolute atomic E-state index is 12.8. The molecule has 5 nitrogen and oxygen atoms in total. The lowest BCUT2D eigenvalue weighted by atomic mass is 10.0. The first-order chi connectivity index (χ1) is 13.8. The highest BCUT2D eigenvalue weighted by Crippen LogP contribution is 2.25. The van der Waals surface area contributed by atoms with Gasteiger partial charge in [0.2, 0.25) is 0 Å². The van der Waals surface area contributed by atoms with Crippen LogP contribution in [-0.2, 0) is 10.0 Å². The molecule has 3 aromatic rings. The van der Waals surface area contributed by atoms with Gasteiger partial charge in [-0.3, -0.25) is 9.10 Å². The number of nitrogens with one attached hydrogen (secondary N) is 1. The van der Waals surface area contributed by atoms with Crippen molar-refractivity contribution in [2.24, 2.45) is 0 Å². The summed E-state index contributed by atoms with van der Waals surface area (Å²) in [6, 6.07) is 22.5. The van der Waals surface area contributed by atoms with Crippen LogP contribution in [0.5, 0.6) is 0 Å². The van der Waals surface area contributed by atoms with E-state index in [1.807, 2.05) is 30.3 Å². The number of amides is 1. The smallest absolute Gasteiger partial charge is 0.264 e. The summed E-state index contributed by atoms with van der Waals surface area (Å²) in [7, 11) is -2.20. The fourth-order valence-corrected chi connectivity index (χ4v) is 4.22. The van der Waals surface area contributed by atoms with Gasteiger partial charge in [0.25, 0.3) is 15.9 Å². The minimum Gasteiger partial charge on any atom is -0.322 e. The Hall–Kier alpha value is -3.12. The van der Waals surface area contributed by atoms with E-state index in [-0.39, 0.29) is 16.7 Å². The minimum atomic E-state index is -3.71. The first-order valence-corrected chi connectivity index (χ1v) is 10.8. The lowest BCUT2D eigenvalue weighted by molar-refractivity contribution is 0.102. The average molecular weight is 409 g/mol. The van der Waals surface area contributed by atoms with Gasteiger partial charge in [-0.15, -0.1) is 0 Å². The summed E-state index contributed by atoms with van der Waals surface area (Å²) in [5.74, 6) is -0.00833. The molecule has 0 spiro atoms. The zero-order valence-electron chi connectivity index (χ0n) is 16.7. The van der Waals surface area contributed by atoms with Crippen molar-refractivity contribution in [2.45, 2.75) is 24.7 Å². The van der Waals surface area contributed by atoms with Crippen LogP contribution in [-0.4, -0.2) is 21.4 Å². The van der Waals surface area contributed by atoms with Crippen molar-refractivity contribution in [1.29, 1.82) is 0 Å². The molecule has 0 unspecified atom stereocenters. The number of carbonyl (C=O) groups is 1. The van der Waals surface area contributed by atoms with E-state index < -0.39 is 10.0 Å². The highest BCUT2D eigenvalue weighted by Gasteiger charge is 2.21. The Morgan fingerprint density at radius 2 is 1.45 bits per heavy atom. The summed E-state index contributed by atoms with van der Waals surface area (Å²) < 4.78 is 26.9. The van der Waals surface area contributed by atoms with Crippen molar-refractivity contribution in [3.63, 3.8) is 0 Å². The third-order valence-electron chi connectivity index (χ3n) is 4.73. The van der Waals surface area contributed by atoms with Crippen molar-refractivity contribution in [2.75, 3.05) is 16.7 Å². The number of rotatable bonds is 6. The Labute approximate surface area is 172 Å². The van der Waals surface area contributed by atoms with Gasteiger partial charge in [-0.2, -0.15) is 0 Å². The summed E-state index contributed by atoms with van der Waals surface area (Å²) in [6.45, 7) is 4.13. The summed E-state index contributed by atoms with van der Waals surface area (Å²) in [6.07, 6.45) is 0. The van der Waals surface area contributed by atoms with Crippen LogP contribution in [0.3, 0.4) is 0 Å². The van der Waals surface area contributed by atoms with Gasteiger partial charge in [-0.25, -0.2) is 8.42 Å². The molecule has 3 rings (SSSR count). The Morgan fingerprint density at radius 1 is 0.862 bits per heavy atom. The minimum absolute atomic E-state index is 0.128. The predicted octanol–water partition coefficient (Wildman–Crippen LogP) is 4.89. The molecular formula is C23H24N2O3S. The van der Waals surface area contributed by atoms with Gasteiger partial charge in [0.15, 0.2) is 0 Å². The molecule has 0 heterocycles. The number of benzene rings is 3. The van der Waals surface area contributed by atoms with E-state index in [1.165, 1.54) is 35.6 Å². The third-order valence-corrected chi connectivity index (χ3v) is 6.53. The topological polar surface area (TPSA) is 66.5 Å². The van der Waals surface area contributed by atoms with Crippen molar-refractivity contribution in [3.05, 3.63) is 90.0 Å². The summed E-state index contributed by atoms with van der Waals surface area (Å²) >= 11 is 0. The SMILES string of the molecule is CC(C)c1ccccc1NC(=O)c1ccc(S(=O)(=O)N(C)c2ccccc2)cc1. The standard InChI is InChI=1S/C23H24N2O3S/c1-17(2)21-11-7-8-12-22(21)24-23(26)18-13-15-20(16-14-18)29(27,28)25(3)19-9-5-4-6-10-19/h4-17H,1-3H3,(H,24,26). The largest absolute Gasteiger partial charge is 0.322 e. The van der Waals surface area contributed by atoms with Gasteiger partial charge in [0.1, 0.15) is 0 Å². The first-order valence-electron chi connectivity index (χ1n) is 9.35. The van der Waals surface area contributed by atoms with E-state index in [9.17, 15) is 13.2 Å². The van der Waals surface area contributed by atoms with E-state index in [4.69, 9.17) is 0 Å². The molecule has 0 fully saturated rings. The molecule has 1 amide bonds. The van der Waals surface area contributed by atoms with Gasteiger partial charge in [-0.05, 0) is 53.9 Å². The normalized spacial score (nSPS) is 11.3. The van der Waals surface area contributed by atoms with Crippen LogP contribution >= 0.6 is 0 Å². The lowest BCUT2D eigenvalue weighted by Crippen LogP contribution is -2.26. The summed E-state index contributed by atoms with van der Waals surface area (Å²) in [4.78, 5) is 12.8. The fourth-order valence-electron chi connectivity index (χ4n) is 3.02. The van der Waals surface area contributed by atoms with Gasteiger partial charge in [-0.1, -0.05) is 50.2 Å². The zero-order valence-corrected chi connectivity index (χ0v) is 17.5. The zero-order chi connectivity index (χ0) is 21.0. The van der Waals surface area contributed by atoms with E-state index in [2.05, 4.69) is 19.2 Å². The van der Waals surface area contributed by atoms with Crippen LogP contribution in [0.25, 0.3) is 0 Å². The van der Waals surface area contributed by atoms with Gasteiger partial charge < -0.3 is 5.32 Å². The Bertz CT molecular complexity index is 1090. The van der Waals surface area contributed by atoms with E-state index in [0.717, 1.165) is 11.3 Å². The van der Waals surface area contributed by atoms with Gasteiger partial charge in [0, 0.05) is 18.3 Å². The molecule has 0 radical (unpaired) electrons. The molecule has 0 saturated carbocycles. The third kappa shape index (κ3) is 4.49. The number of nitrogens with zero attached hydrogens (tertiary/aromatic N) is 1. The molecule has 0 bridgehead atoms. The van der Waals surface area contributed by atoms with E-state index >= 15 is 0 Å². The molecule has 0 aliphatic rings. The van der Waals surface area contributed by atoms with Crippen LogP contribution in [0.15, 0.2) is 83.8 Å². The predicted molar refractivity (Wildman–Crippen MR) is 117 cm³/mol. The van der Waals surface area contributed by atoms with E-state index in [0.29, 0.717) is 11.3 Å². The highest BCUT2D eigenvalue weighted by atomic mass is 32.2. The second-order valence-corrected chi connectivity index (χ2v) is 9.00. The molecule has 1 N–H and O–H groups in total. The Morgan fingerprint density at radius 3 is 2.07 bits per heavy atom. The Balaban J connectivity index is 1.80. The Kier molecular flexibility index (Phi) is 6.03. The average Bonchev–Trinajstić information content (AvgIpc) is 2.74. The number of anilines is 2. The van der Waals surface area contributed by atoms with E-state index in [1.54, 1.807) is 24.3 Å². The molecule has 150 valence electrons. The molecule has 3 aromatic carbocycles. The monoisotopic (exact) mass is 408 g/mol. The van der Waals surface area contributed by atoms with Crippen LogP contribution < -0.4 is 9.62 Å². The molecule has 0 aliphatic heterocycles. The molecule has 0 atom stereocenters. The molecule has 29 heavy (non-hydrogen) atoms. The van der Waals surface area contributed by atoms with Crippen LogP contribution in [0.2, 0.25) is 0 Å². The van der Waals surface area contributed by atoms with Gasteiger partial charge >= 0.3 is 0 Å². The van der Waals surface area contributed by atoms with Crippen LogP contribution in [0.1, 0.15) is 35.7 Å². The number of hydrogen-bond donors (Lipinski definition) is 1. The lowest BCUT2D eigenvalue weighted by Gasteiger charge is -2.19. The number of sulfonamides is 1. The number of carbonyl (C=O) groups excluding carboxylic acids is 1. The summed E-state index contributed by atoms with van der Waals surface area (Å²) in [5.41, 5.74) is 2.77. The van der Waals surface area contributed by atoms with Crippen molar-refractivity contribution < 1.29 is 13.2 Å². The molecule has 6 heteroatoms. The molecule has 0 saturated heterocycles.